The zero-order valence-electron chi connectivity index (χ0n) is 12.4. The number of aromatic amines is 1. The molecule has 0 unspecified atom stereocenters. The highest BCUT2D eigenvalue weighted by atomic mass is 16.5. The summed E-state index contributed by atoms with van der Waals surface area (Å²) in [5, 5.41) is 2.64. The zero-order valence-corrected chi connectivity index (χ0v) is 12.4. The average molecular weight is 291 g/mol. The number of amides is 1. The molecule has 2 heterocycles. The standard InChI is InChI=1S/C14H17N3O4/c1-5-20-14(19)11-7(2)15-6-10(11)17-13(18)12-8(3)16-9(4)21-12/h6,15H,5H2,1-4H3,(H,17,18). The van der Waals surface area contributed by atoms with Crippen LogP contribution in [-0.2, 0) is 4.74 Å². The lowest BCUT2D eigenvalue weighted by molar-refractivity contribution is 0.0527. The van der Waals surface area contributed by atoms with Crippen LogP contribution in [0, 0.1) is 20.8 Å². The Morgan fingerprint density at radius 2 is 2.10 bits per heavy atom. The topological polar surface area (TPSA) is 97.2 Å². The van der Waals surface area contributed by atoms with Gasteiger partial charge in [0.05, 0.1) is 18.0 Å². The van der Waals surface area contributed by atoms with E-state index in [1.165, 1.54) is 6.20 Å². The molecule has 7 heteroatoms. The van der Waals surface area contributed by atoms with Crippen LogP contribution < -0.4 is 5.32 Å². The van der Waals surface area contributed by atoms with Crippen molar-refractivity contribution in [2.45, 2.75) is 27.7 Å². The molecule has 2 aromatic rings. The first kappa shape index (κ1) is 14.8. The minimum atomic E-state index is -0.489. The molecule has 0 aliphatic rings. The number of hydrogen-bond donors (Lipinski definition) is 2. The molecule has 0 aliphatic heterocycles. The number of aryl methyl sites for hydroxylation is 3. The highest BCUT2D eigenvalue weighted by Gasteiger charge is 2.22. The number of aromatic nitrogens is 2. The minimum absolute atomic E-state index is 0.126. The van der Waals surface area contributed by atoms with Gasteiger partial charge < -0.3 is 19.5 Å². The van der Waals surface area contributed by atoms with Gasteiger partial charge in [0.2, 0.25) is 5.76 Å². The number of carbonyl (C=O) groups excluding carboxylic acids is 2. The first-order chi connectivity index (χ1) is 9.93. The summed E-state index contributed by atoms with van der Waals surface area (Å²) in [5.74, 6) is -0.413. The number of anilines is 1. The third kappa shape index (κ3) is 2.96. The van der Waals surface area contributed by atoms with Crippen LogP contribution in [0.3, 0.4) is 0 Å². The molecular weight excluding hydrogens is 274 g/mol. The number of esters is 1. The van der Waals surface area contributed by atoms with E-state index in [0.29, 0.717) is 28.5 Å². The number of rotatable bonds is 4. The van der Waals surface area contributed by atoms with Gasteiger partial charge >= 0.3 is 5.97 Å². The van der Waals surface area contributed by atoms with Crippen molar-refractivity contribution in [3.8, 4) is 0 Å². The molecule has 0 spiro atoms. The van der Waals surface area contributed by atoms with Gasteiger partial charge in [-0.25, -0.2) is 9.78 Å². The van der Waals surface area contributed by atoms with Gasteiger partial charge in [0.15, 0.2) is 5.89 Å². The van der Waals surface area contributed by atoms with Crippen molar-refractivity contribution in [1.82, 2.24) is 9.97 Å². The first-order valence-electron chi connectivity index (χ1n) is 6.54. The van der Waals surface area contributed by atoms with Gasteiger partial charge in [0.25, 0.3) is 5.91 Å². The molecule has 0 saturated carbocycles. The third-order valence-corrected chi connectivity index (χ3v) is 2.91. The molecule has 7 nitrogen and oxygen atoms in total. The van der Waals surface area contributed by atoms with E-state index < -0.39 is 11.9 Å². The van der Waals surface area contributed by atoms with Crippen molar-refractivity contribution < 1.29 is 18.7 Å². The predicted molar refractivity (Wildman–Crippen MR) is 75.4 cm³/mol. The molecule has 21 heavy (non-hydrogen) atoms. The number of nitrogens with one attached hydrogen (secondary N) is 2. The Balaban J connectivity index is 2.26. The number of oxazole rings is 1. The van der Waals surface area contributed by atoms with Crippen LogP contribution in [0.1, 0.15) is 45.1 Å². The predicted octanol–water partition coefficient (Wildman–Crippen LogP) is 2.36. The Morgan fingerprint density at radius 3 is 2.67 bits per heavy atom. The molecule has 0 saturated heterocycles. The van der Waals surface area contributed by atoms with Crippen LogP contribution >= 0.6 is 0 Å². The summed E-state index contributed by atoms with van der Waals surface area (Å²) in [6.07, 6.45) is 1.54. The summed E-state index contributed by atoms with van der Waals surface area (Å²) >= 11 is 0. The van der Waals surface area contributed by atoms with E-state index in [2.05, 4.69) is 15.3 Å². The summed E-state index contributed by atoms with van der Waals surface area (Å²) in [7, 11) is 0. The fraction of sp³-hybridized carbons (Fsp3) is 0.357. The molecule has 0 bridgehead atoms. The lowest BCUT2D eigenvalue weighted by atomic mass is 10.2. The van der Waals surface area contributed by atoms with E-state index in [1.54, 1.807) is 27.7 Å². The maximum atomic E-state index is 12.2. The molecular formula is C14H17N3O4. The van der Waals surface area contributed by atoms with Gasteiger partial charge in [0, 0.05) is 18.8 Å². The van der Waals surface area contributed by atoms with Crippen molar-refractivity contribution in [1.29, 1.82) is 0 Å². The maximum absolute atomic E-state index is 12.2. The van der Waals surface area contributed by atoms with Crippen molar-refractivity contribution in [3.05, 3.63) is 34.8 Å². The number of H-pyrrole nitrogens is 1. The Hall–Kier alpha value is -2.57. The third-order valence-electron chi connectivity index (χ3n) is 2.91. The summed E-state index contributed by atoms with van der Waals surface area (Å²) in [6, 6.07) is 0. The molecule has 0 aromatic carbocycles. The SMILES string of the molecule is CCOC(=O)c1c(NC(=O)c2oc(C)nc2C)c[nH]c1C. The van der Waals surface area contributed by atoms with E-state index in [0.717, 1.165) is 0 Å². The van der Waals surface area contributed by atoms with Gasteiger partial charge in [0.1, 0.15) is 5.56 Å². The summed E-state index contributed by atoms with van der Waals surface area (Å²) in [6.45, 7) is 7.05. The lowest BCUT2D eigenvalue weighted by Gasteiger charge is -2.06. The normalized spacial score (nSPS) is 10.5. The monoisotopic (exact) mass is 291 g/mol. The largest absolute Gasteiger partial charge is 0.462 e. The molecule has 2 rings (SSSR count). The van der Waals surface area contributed by atoms with E-state index in [4.69, 9.17) is 9.15 Å². The van der Waals surface area contributed by atoms with Crippen molar-refractivity contribution >= 4 is 17.6 Å². The lowest BCUT2D eigenvalue weighted by Crippen LogP contribution is -2.15. The molecule has 2 aromatic heterocycles. The van der Waals surface area contributed by atoms with E-state index in [9.17, 15) is 9.59 Å². The fourth-order valence-corrected chi connectivity index (χ4v) is 2.01. The van der Waals surface area contributed by atoms with Crippen LogP contribution in [0.2, 0.25) is 0 Å². The second-order valence-electron chi connectivity index (χ2n) is 4.52. The number of hydrogen-bond acceptors (Lipinski definition) is 5. The molecule has 1 amide bonds. The molecule has 2 N–H and O–H groups in total. The van der Waals surface area contributed by atoms with Crippen LogP contribution in [0.4, 0.5) is 5.69 Å². The number of nitrogens with zero attached hydrogens (tertiary/aromatic N) is 1. The van der Waals surface area contributed by atoms with Crippen molar-refractivity contribution in [2.24, 2.45) is 0 Å². The molecule has 0 fully saturated rings. The number of carbonyl (C=O) groups is 2. The van der Waals surface area contributed by atoms with Crippen LogP contribution in [0.15, 0.2) is 10.6 Å². The second-order valence-corrected chi connectivity index (χ2v) is 4.52. The second kappa shape index (κ2) is 5.82. The summed E-state index contributed by atoms with van der Waals surface area (Å²) in [5.41, 5.74) is 1.77. The van der Waals surface area contributed by atoms with E-state index in [1.807, 2.05) is 0 Å². The van der Waals surface area contributed by atoms with Gasteiger partial charge in [-0.05, 0) is 20.8 Å². The summed E-state index contributed by atoms with van der Waals surface area (Å²) in [4.78, 5) is 31.0. The highest BCUT2D eigenvalue weighted by molar-refractivity contribution is 6.07. The molecule has 112 valence electrons. The highest BCUT2D eigenvalue weighted by Crippen LogP contribution is 2.22. The van der Waals surface area contributed by atoms with E-state index >= 15 is 0 Å². The van der Waals surface area contributed by atoms with Crippen LogP contribution in [0.25, 0.3) is 0 Å². The van der Waals surface area contributed by atoms with Crippen molar-refractivity contribution in [3.63, 3.8) is 0 Å². The smallest absolute Gasteiger partial charge is 0.342 e. The Labute approximate surface area is 121 Å². The average Bonchev–Trinajstić information content (AvgIpc) is 2.92. The van der Waals surface area contributed by atoms with Gasteiger partial charge in [-0.1, -0.05) is 0 Å². The zero-order chi connectivity index (χ0) is 15.6. The summed E-state index contributed by atoms with van der Waals surface area (Å²) < 4.78 is 10.2. The first-order valence-corrected chi connectivity index (χ1v) is 6.54. The van der Waals surface area contributed by atoms with Gasteiger partial charge in [-0.15, -0.1) is 0 Å². The Kier molecular flexibility index (Phi) is 4.11. The maximum Gasteiger partial charge on any atom is 0.342 e. The van der Waals surface area contributed by atoms with Gasteiger partial charge in [-0.2, -0.15) is 0 Å². The Bertz CT molecular complexity index is 684. The van der Waals surface area contributed by atoms with Crippen molar-refractivity contribution in [2.75, 3.05) is 11.9 Å². The quantitative estimate of drug-likeness (QED) is 0.843. The Morgan fingerprint density at radius 1 is 1.38 bits per heavy atom. The van der Waals surface area contributed by atoms with Gasteiger partial charge in [-0.3, -0.25) is 4.79 Å². The van der Waals surface area contributed by atoms with Crippen LogP contribution in [-0.4, -0.2) is 28.5 Å². The fourth-order valence-electron chi connectivity index (χ4n) is 2.01. The minimum Gasteiger partial charge on any atom is -0.462 e. The number of ether oxygens (including phenoxy) is 1. The van der Waals surface area contributed by atoms with E-state index in [-0.39, 0.29) is 12.4 Å². The molecule has 0 radical (unpaired) electrons. The van der Waals surface area contributed by atoms with Crippen LogP contribution in [0.5, 0.6) is 0 Å². The molecule has 0 atom stereocenters. The molecule has 0 aliphatic carbocycles.